The first-order chi connectivity index (χ1) is 11.4. The molecule has 1 aliphatic rings. The number of carbonyl (C=O) groups is 2. The molecule has 1 aromatic carbocycles. The van der Waals surface area contributed by atoms with Crippen LogP contribution in [0.1, 0.15) is 51.5 Å². The molecule has 0 spiro atoms. The van der Waals surface area contributed by atoms with Gasteiger partial charge in [-0.3, -0.25) is 9.59 Å². The summed E-state index contributed by atoms with van der Waals surface area (Å²) in [7, 11) is 1.57. The molecule has 0 bridgehead atoms. The lowest BCUT2D eigenvalue weighted by atomic mass is 9.79. The van der Waals surface area contributed by atoms with E-state index in [1.807, 2.05) is 12.1 Å². The van der Waals surface area contributed by atoms with Gasteiger partial charge in [0, 0.05) is 5.92 Å². The van der Waals surface area contributed by atoms with E-state index in [1.165, 1.54) is 0 Å². The second-order valence-electron chi connectivity index (χ2n) is 6.99. The van der Waals surface area contributed by atoms with E-state index in [4.69, 9.17) is 4.74 Å². The van der Waals surface area contributed by atoms with Gasteiger partial charge in [0.15, 0.2) is 0 Å². The maximum atomic E-state index is 12.8. The molecule has 3 unspecified atom stereocenters. The number of ether oxygens (including phenoxy) is 1. The smallest absolute Gasteiger partial charge is 0.306 e. The maximum absolute atomic E-state index is 12.8. The van der Waals surface area contributed by atoms with Gasteiger partial charge in [-0.15, -0.1) is 0 Å². The number of methoxy groups -OCH3 is 1. The standard InChI is InChI=1S/C19H27NO4/c1-13-7-4-5-10-16(13)18(23)20-19(2,12-17(21)22)14-8-6-9-15(11-14)24-3/h6,8-9,11,13,16H,4-5,7,10,12H2,1-3H3,(H,20,23)(H,21,22). The fourth-order valence-corrected chi connectivity index (χ4v) is 3.56. The minimum atomic E-state index is -0.964. The number of aliphatic carboxylic acids is 1. The van der Waals surface area contributed by atoms with E-state index in [0.29, 0.717) is 11.7 Å². The Kier molecular flexibility index (Phi) is 5.86. The van der Waals surface area contributed by atoms with Crippen molar-refractivity contribution in [2.24, 2.45) is 11.8 Å². The largest absolute Gasteiger partial charge is 0.497 e. The average Bonchev–Trinajstić information content (AvgIpc) is 2.54. The third kappa shape index (κ3) is 4.28. The predicted molar refractivity (Wildman–Crippen MR) is 91.9 cm³/mol. The molecule has 0 heterocycles. The van der Waals surface area contributed by atoms with Crippen LogP contribution in [0.4, 0.5) is 0 Å². The van der Waals surface area contributed by atoms with E-state index in [-0.39, 0.29) is 18.2 Å². The van der Waals surface area contributed by atoms with E-state index >= 15 is 0 Å². The van der Waals surface area contributed by atoms with Crippen molar-refractivity contribution in [3.05, 3.63) is 29.8 Å². The van der Waals surface area contributed by atoms with Crippen LogP contribution in [-0.4, -0.2) is 24.1 Å². The number of hydrogen-bond donors (Lipinski definition) is 2. The lowest BCUT2D eigenvalue weighted by molar-refractivity contribution is -0.139. The average molecular weight is 333 g/mol. The van der Waals surface area contributed by atoms with Gasteiger partial charge in [-0.05, 0) is 43.4 Å². The van der Waals surface area contributed by atoms with Crippen molar-refractivity contribution in [2.75, 3.05) is 7.11 Å². The van der Waals surface area contributed by atoms with Gasteiger partial charge in [-0.1, -0.05) is 31.9 Å². The van der Waals surface area contributed by atoms with Crippen LogP contribution >= 0.6 is 0 Å². The Morgan fingerprint density at radius 1 is 1.33 bits per heavy atom. The number of rotatable bonds is 6. The van der Waals surface area contributed by atoms with Crippen LogP contribution < -0.4 is 10.1 Å². The first kappa shape index (κ1) is 18.3. The van der Waals surface area contributed by atoms with Crippen LogP contribution in [0.2, 0.25) is 0 Å². The lowest BCUT2D eigenvalue weighted by Gasteiger charge is -2.35. The van der Waals surface area contributed by atoms with Gasteiger partial charge in [0.1, 0.15) is 5.75 Å². The molecule has 1 aromatic rings. The summed E-state index contributed by atoms with van der Waals surface area (Å²) < 4.78 is 5.23. The zero-order chi connectivity index (χ0) is 17.7. The summed E-state index contributed by atoms with van der Waals surface area (Å²) in [5.41, 5.74) is -0.227. The molecule has 2 rings (SSSR count). The Balaban J connectivity index is 2.26. The normalized spacial score (nSPS) is 23.1. The number of hydrogen-bond acceptors (Lipinski definition) is 3. The van der Waals surface area contributed by atoms with Crippen LogP contribution in [0.25, 0.3) is 0 Å². The molecule has 1 aliphatic carbocycles. The van der Waals surface area contributed by atoms with E-state index in [9.17, 15) is 14.7 Å². The molecule has 132 valence electrons. The molecule has 0 radical (unpaired) electrons. The highest BCUT2D eigenvalue weighted by atomic mass is 16.5. The van der Waals surface area contributed by atoms with Gasteiger partial charge < -0.3 is 15.2 Å². The van der Waals surface area contributed by atoms with Crippen LogP contribution in [0.3, 0.4) is 0 Å². The number of carboxylic acids is 1. The molecule has 24 heavy (non-hydrogen) atoms. The van der Waals surface area contributed by atoms with E-state index in [2.05, 4.69) is 12.2 Å². The highest BCUT2D eigenvalue weighted by Gasteiger charge is 2.36. The first-order valence-electron chi connectivity index (χ1n) is 8.54. The number of benzene rings is 1. The summed E-state index contributed by atoms with van der Waals surface area (Å²) in [6, 6.07) is 7.23. The quantitative estimate of drug-likeness (QED) is 0.837. The van der Waals surface area contributed by atoms with Gasteiger partial charge in [0.2, 0.25) is 5.91 Å². The molecule has 0 saturated heterocycles. The van der Waals surface area contributed by atoms with Crippen LogP contribution in [0.15, 0.2) is 24.3 Å². The Morgan fingerprint density at radius 3 is 2.67 bits per heavy atom. The minimum Gasteiger partial charge on any atom is -0.497 e. The Labute approximate surface area is 143 Å². The highest BCUT2D eigenvalue weighted by molar-refractivity contribution is 5.81. The monoisotopic (exact) mass is 333 g/mol. The van der Waals surface area contributed by atoms with Gasteiger partial charge in [0.25, 0.3) is 0 Å². The van der Waals surface area contributed by atoms with E-state index in [0.717, 1.165) is 31.2 Å². The summed E-state index contributed by atoms with van der Waals surface area (Å²) in [4.78, 5) is 24.2. The van der Waals surface area contributed by atoms with E-state index < -0.39 is 11.5 Å². The van der Waals surface area contributed by atoms with Crippen molar-refractivity contribution < 1.29 is 19.4 Å². The Hall–Kier alpha value is -2.04. The number of carbonyl (C=O) groups excluding carboxylic acids is 1. The van der Waals surface area contributed by atoms with Crippen molar-refractivity contribution in [1.82, 2.24) is 5.32 Å². The van der Waals surface area contributed by atoms with Gasteiger partial charge in [-0.2, -0.15) is 0 Å². The molecule has 1 fully saturated rings. The molecular formula is C19H27NO4. The molecular weight excluding hydrogens is 306 g/mol. The molecule has 0 aromatic heterocycles. The van der Waals surface area contributed by atoms with Crippen molar-refractivity contribution in [3.8, 4) is 5.75 Å². The topological polar surface area (TPSA) is 75.6 Å². The summed E-state index contributed by atoms with van der Waals surface area (Å²) in [6.07, 6.45) is 3.96. The summed E-state index contributed by atoms with van der Waals surface area (Å²) >= 11 is 0. The molecule has 0 aliphatic heterocycles. The first-order valence-corrected chi connectivity index (χ1v) is 8.54. The van der Waals surface area contributed by atoms with Gasteiger partial charge in [-0.25, -0.2) is 0 Å². The molecule has 5 heteroatoms. The van der Waals surface area contributed by atoms with Crippen LogP contribution in [0, 0.1) is 11.8 Å². The molecule has 5 nitrogen and oxygen atoms in total. The third-order valence-electron chi connectivity index (χ3n) is 5.06. The number of nitrogens with one attached hydrogen (secondary N) is 1. The van der Waals surface area contributed by atoms with Crippen molar-refractivity contribution in [3.63, 3.8) is 0 Å². The van der Waals surface area contributed by atoms with Gasteiger partial charge in [0.05, 0.1) is 19.1 Å². The SMILES string of the molecule is COc1cccc(C(C)(CC(=O)O)NC(=O)C2CCCCC2C)c1. The van der Waals surface area contributed by atoms with Gasteiger partial charge >= 0.3 is 5.97 Å². The highest BCUT2D eigenvalue weighted by Crippen LogP contribution is 2.33. The molecule has 2 N–H and O–H groups in total. The summed E-state index contributed by atoms with van der Waals surface area (Å²) in [5.74, 6) is -0.0638. The number of carboxylic acid groups (broad SMARTS) is 1. The summed E-state index contributed by atoms with van der Waals surface area (Å²) in [5, 5.41) is 12.3. The third-order valence-corrected chi connectivity index (χ3v) is 5.06. The molecule has 1 saturated carbocycles. The Morgan fingerprint density at radius 2 is 2.04 bits per heavy atom. The fourth-order valence-electron chi connectivity index (χ4n) is 3.56. The summed E-state index contributed by atoms with van der Waals surface area (Å²) in [6.45, 7) is 3.87. The van der Waals surface area contributed by atoms with E-state index in [1.54, 1.807) is 26.2 Å². The second kappa shape index (κ2) is 7.69. The van der Waals surface area contributed by atoms with Crippen molar-refractivity contribution >= 4 is 11.9 Å². The fraction of sp³-hybridized carbons (Fsp3) is 0.579. The van der Waals surface area contributed by atoms with Crippen molar-refractivity contribution in [2.45, 2.75) is 51.5 Å². The zero-order valence-electron chi connectivity index (χ0n) is 14.7. The zero-order valence-corrected chi connectivity index (χ0v) is 14.7. The van der Waals surface area contributed by atoms with Crippen LogP contribution in [0.5, 0.6) is 5.75 Å². The van der Waals surface area contributed by atoms with Crippen LogP contribution in [-0.2, 0) is 15.1 Å². The molecule has 1 amide bonds. The minimum absolute atomic E-state index is 0.0440. The predicted octanol–water partition coefficient (Wildman–Crippen LogP) is 3.33. The Bertz CT molecular complexity index is 601. The number of amides is 1. The maximum Gasteiger partial charge on any atom is 0.306 e. The molecule has 3 atom stereocenters. The lowest BCUT2D eigenvalue weighted by Crippen LogP contribution is -2.48. The van der Waals surface area contributed by atoms with Crippen molar-refractivity contribution in [1.29, 1.82) is 0 Å². The second-order valence-corrected chi connectivity index (χ2v) is 6.99.